The molecule has 0 bridgehead atoms. The molecule has 0 aliphatic rings. The van der Waals surface area contributed by atoms with Gasteiger partial charge in [-0.25, -0.2) is 0 Å². The van der Waals surface area contributed by atoms with E-state index in [1.54, 1.807) is 34.7 Å². The molecule has 0 rings (SSSR count). The first kappa shape index (κ1) is 18.2. The van der Waals surface area contributed by atoms with Crippen molar-refractivity contribution in [3.8, 4) is 0 Å². The van der Waals surface area contributed by atoms with Crippen molar-refractivity contribution in [1.29, 1.82) is 0 Å². The van der Waals surface area contributed by atoms with Gasteiger partial charge in [0.25, 0.3) is 0 Å². The number of thiocarbonyl (C=S) groups is 1. The smallest absolute Gasteiger partial charge is 0.316 e. The molecular weight excluding hydrogens is 286 g/mol. The Kier molecular flexibility index (Phi) is 8.01. The van der Waals surface area contributed by atoms with Gasteiger partial charge >= 0.3 is 11.9 Å². The first-order chi connectivity index (χ1) is 8.65. The zero-order valence-corrected chi connectivity index (χ0v) is 13.6. The third-order valence-electron chi connectivity index (χ3n) is 1.99. The van der Waals surface area contributed by atoms with Crippen LogP contribution in [0.3, 0.4) is 0 Å². The zero-order valence-electron chi connectivity index (χ0n) is 11.9. The predicted octanol–water partition coefficient (Wildman–Crippen LogP) is 2.00. The van der Waals surface area contributed by atoms with E-state index in [0.717, 1.165) is 0 Å². The van der Waals surface area contributed by atoms with Crippen LogP contribution in [0.5, 0.6) is 0 Å². The molecule has 0 spiro atoms. The van der Waals surface area contributed by atoms with Crippen molar-refractivity contribution in [2.24, 2.45) is 5.92 Å². The normalized spacial score (nSPS) is 12.2. The third-order valence-corrected chi connectivity index (χ3v) is 2.90. The molecule has 0 aromatic rings. The van der Waals surface area contributed by atoms with Crippen LogP contribution in [0.15, 0.2) is 0 Å². The van der Waals surface area contributed by atoms with Gasteiger partial charge in [-0.15, -0.1) is 0 Å². The number of esters is 2. The molecule has 0 fully saturated rings. The van der Waals surface area contributed by atoms with Crippen LogP contribution in [0, 0.1) is 5.92 Å². The molecular formula is C12H21NO4S2. The van der Waals surface area contributed by atoms with Crippen LogP contribution < -0.4 is 0 Å². The number of thiol groups is 1. The quantitative estimate of drug-likeness (QED) is 0.460. The third kappa shape index (κ3) is 7.37. The van der Waals surface area contributed by atoms with Crippen molar-refractivity contribution < 1.29 is 19.1 Å². The van der Waals surface area contributed by atoms with Crippen molar-refractivity contribution in [2.75, 3.05) is 7.05 Å². The van der Waals surface area contributed by atoms with E-state index >= 15 is 0 Å². The average Bonchev–Trinajstić information content (AvgIpc) is 2.22. The molecule has 1 atom stereocenters. The first-order valence-electron chi connectivity index (χ1n) is 6.01. The Hall–Kier alpha value is -0.820. The standard InChI is InChI=1S/C12H21NO4S2/c1-7(2)16-10(14)6-9(11(18)13(5)19)12(15)17-8(3)4/h7-9,19H,6H2,1-5H3. The molecule has 0 amide bonds. The molecule has 0 aliphatic heterocycles. The minimum Gasteiger partial charge on any atom is -0.463 e. The molecule has 0 aromatic carbocycles. The number of rotatable bonds is 6. The summed E-state index contributed by atoms with van der Waals surface area (Å²) in [4.78, 5) is 23.8. The van der Waals surface area contributed by atoms with Gasteiger partial charge in [0.1, 0.15) is 10.9 Å². The predicted molar refractivity (Wildman–Crippen MR) is 79.9 cm³/mol. The summed E-state index contributed by atoms with van der Waals surface area (Å²) in [7, 11) is 1.59. The van der Waals surface area contributed by atoms with E-state index in [-0.39, 0.29) is 23.6 Å². The summed E-state index contributed by atoms with van der Waals surface area (Å²) in [5.74, 6) is -1.88. The molecule has 0 aromatic heterocycles. The maximum atomic E-state index is 11.9. The van der Waals surface area contributed by atoms with Gasteiger partial charge in [0.05, 0.1) is 18.6 Å². The van der Waals surface area contributed by atoms with Gasteiger partial charge in [-0.05, 0) is 27.7 Å². The number of carbonyl (C=O) groups is 2. The van der Waals surface area contributed by atoms with Crippen molar-refractivity contribution in [3.05, 3.63) is 0 Å². The van der Waals surface area contributed by atoms with Gasteiger partial charge in [0.2, 0.25) is 0 Å². The maximum absolute atomic E-state index is 11.9. The highest BCUT2D eigenvalue weighted by atomic mass is 32.1. The van der Waals surface area contributed by atoms with E-state index in [2.05, 4.69) is 12.8 Å². The molecule has 0 radical (unpaired) electrons. The maximum Gasteiger partial charge on any atom is 0.316 e. The molecule has 0 saturated heterocycles. The molecule has 5 nitrogen and oxygen atoms in total. The van der Waals surface area contributed by atoms with Gasteiger partial charge in [0.15, 0.2) is 0 Å². The molecule has 0 heterocycles. The van der Waals surface area contributed by atoms with Crippen LogP contribution in [0.4, 0.5) is 0 Å². The highest BCUT2D eigenvalue weighted by molar-refractivity contribution is 7.84. The Morgan fingerprint density at radius 3 is 2.00 bits per heavy atom. The Morgan fingerprint density at radius 2 is 1.63 bits per heavy atom. The number of hydrogen-bond donors (Lipinski definition) is 1. The van der Waals surface area contributed by atoms with Crippen LogP contribution in [0.2, 0.25) is 0 Å². The minimum atomic E-state index is -0.855. The van der Waals surface area contributed by atoms with E-state index in [0.29, 0.717) is 0 Å². The first-order valence-corrected chi connectivity index (χ1v) is 6.82. The summed E-state index contributed by atoms with van der Waals surface area (Å²) in [6, 6.07) is 0. The zero-order chi connectivity index (χ0) is 15.2. The van der Waals surface area contributed by atoms with Gasteiger partial charge < -0.3 is 13.8 Å². The highest BCUT2D eigenvalue weighted by Crippen LogP contribution is 2.15. The molecule has 19 heavy (non-hydrogen) atoms. The number of carbonyl (C=O) groups excluding carboxylic acids is 2. The van der Waals surface area contributed by atoms with Crippen LogP contribution in [0.25, 0.3) is 0 Å². The SMILES string of the molecule is CC(C)OC(=O)CC(C(=O)OC(C)C)C(=S)N(C)S. The van der Waals surface area contributed by atoms with Crippen molar-refractivity contribution >= 4 is 42.0 Å². The lowest BCUT2D eigenvalue weighted by Crippen LogP contribution is -2.35. The molecule has 7 heteroatoms. The van der Waals surface area contributed by atoms with E-state index in [1.165, 1.54) is 4.31 Å². The van der Waals surface area contributed by atoms with Gasteiger partial charge in [-0.1, -0.05) is 25.0 Å². The fourth-order valence-electron chi connectivity index (χ4n) is 1.29. The second-order valence-corrected chi connectivity index (χ2v) is 5.66. The van der Waals surface area contributed by atoms with Crippen molar-refractivity contribution in [3.63, 3.8) is 0 Å². The lowest BCUT2D eigenvalue weighted by molar-refractivity contribution is -0.156. The monoisotopic (exact) mass is 307 g/mol. The molecule has 110 valence electrons. The van der Waals surface area contributed by atoms with E-state index < -0.39 is 17.9 Å². The lowest BCUT2D eigenvalue weighted by atomic mass is 10.1. The summed E-state index contributed by atoms with van der Waals surface area (Å²) in [6.07, 6.45) is -0.659. The fourth-order valence-corrected chi connectivity index (χ4v) is 1.61. The Labute approximate surface area is 125 Å². The summed E-state index contributed by atoms with van der Waals surface area (Å²) in [6.45, 7) is 6.94. The van der Waals surface area contributed by atoms with Crippen molar-refractivity contribution in [1.82, 2.24) is 4.31 Å². The highest BCUT2D eigenvalue weighted by Gasteiger charge is 2.30. The summed E-state index contributed by atoms with van der Waals surface area (Å²) in [5.41, 5.74) is 0. The van der Waals surface area contributed by atoms with Crippen LogP contribution in [-0.4, -0.2) is 40.5 Å². The second kappa shape index (κ2) is 8.37. The largest absolute Gasteiger partial charge is 0.463 e. The van der Waals surface area contributed by atoms with Gasteiger partial charge in [0, 0.05) is 7.05 Å². The number of hydrogen-bond acceptors (Lipinski definition) is 6. The Morgan fingerprint density at radius 1 is 1.16 bits per heavy atom. The van der Waals surface area contributed by atoms with Crippen LogP contribution in [-0.2, 0) is 19.1 Å². The fraction of sp³-hybridized carbons (Fsp3) is 0.750. The Balaban J connectivity index is 4.82. The molecule has 0 N–H and O–H groups in total. The average molecular weight is 307 g/mol. The Bertz CT molecular complexity index is 343. The molecule has 0 saturated carbocycles. The van der Waals surface area contributed by atoms with E-state index in [4.69, 9.17) is 21.7 Å². The van der Waals surface area contributed by atoms with Crippen LogP contribution in [0.1, 0.15) is 34.1 Å². The van der Waals surface area contributed by atoms with Gasteiger partial charge in [-0.2, -0.15) is 0 Å². The topological polar surface area (TPSA) is 55.8 Å². The molecule has 1 unspecified atom stereocenters. The van der Waals surface area contributed by atoms with Crippen molar-refractivity contribution in [2.45, 2.75) is 46.3 Å². The minimum absolute atomic E-state index is 0.145. The lowest BCUT2D eigenvalue weighted by Gasteiger charge is -2.22. The number of ether oxygens (including phenoxy) is 2. The van der Waals surface area contributed by atoms with Gasteiger partial charge in [-0.3, -0.25) is 9.59 Å². The summed E-state index contributed by atoms with van der Waals surface area (Å²) >= 11 is 9.14. The van der Waals surface area contributed by atoms with Crippen LogP contribution >= 0.6 is 25.0 Å². The second-order valence-electron chi connectivity index (χ2n) is 4.64. The van der Waals surface area contributed by atoms with E-state index in [1.807, 2.05) is 0 Å². The summed E-state index contributed by atoms with van der Waals surface area (Å²) < 4.78 is 11.4. The number of nitrogens with zero attached hydrogens (tertiary/aromatic N) is 1. The molecule has 0 aliphatic carbocycles. The van der Waals surface area contributed by atoms with E-state index in [9.17, 15) is 9.59 Å². The summed E-state index contributed by atoms with van der Waals surface area (Å²) in [5, 5.41) is 0.